The number of rotatable bonds is 11. The van der Waals surface area contributed by atoms with E-state index < -0.39 is 0 Å². The quantitative estimate of drug-likeness (QED) is 0.611. The van der Waals surface area contributed by atoms with E-state index >= 15 is 0 Å². The minimum absolute atomic E-state index is 0.598. The lowest BCUT2D eigenvalue weighted by Gasteiger charge is -2.01. The van der Waals surface area contributed by atoms with Crippen LogP contribution in [0.2, 0.25) is 0 Å². The van der Waals surface area contributed by atoms with Gasteiger partial charge in [-0.25, -0.2) is 0 Å². The predicted octanol–water partition coefficient (Wildman–Crippen LogP) is 4.18. The average Bonchev–Trinajstić information content (AvgIpc) is 2.75. The maximum atomic E-state index is 5.71. The topological polar surface area (TPSA) is 34.4 Å². The van der Waals surface area contributed by atoms with Crippen molar-refractivity contribution in [3.63, 3.8) is 0 Å². The van der Waals surface area contributed by atoms with E-state index in [1.54, 1.807) is 0 Å². The summed E-state index contributed by atoms with van der Waals surface area (Å²) in [7, 11) is 0. The molecule has 0 saturated heterocycles. The molecule has 0 amide bonds. The molecule has 1 N–H and O–H groups in total. The second-order valence-electron chi connectivity index (χ2n) is 5.08. The van der Waals surface area contributed by atoms with Gasteiger partial charge in [-0.15, -0.1) is 0 Å². The minimum Gasteiger partial charge on any atom is -0.464 e. The second-order valence-corrected chi connectivity index (χ2v) is 5.08. The zero-order chi connectivity index (χ0) is 13.9. The van der Waals surface area contributed by atoms with E-state index in [4.69, 9.17) is 9.15 Å². The molecule has 0 unspecified atom stereocenters. The van der Waals surface area contributed by atoms with Gasteiger partial charge in [0.05, 0.1) is 0 Å². The van der Waals surface area contributed by atoms with Gasteiger partial charge >= 0.3 is 0 Å². The molecule has 0 radical (unpaired) electrons. The first-order valence-corrected chi connectivity index (χ1v) is 7.64. The Morgan fingerprint density at radius 3 is 2.74 bits per heavy atom. The molecule has 0 aliphatic carbocycles. The van der Waals surface area contributed by atoms with Crippen LogP contribution >= 0.6 is 0 Å². The number of furan rings is 1. The summed E-state index contributed by atoms with van der Waals surface area (Å²) in [5, 5.41) is 3.40. The number of hydrogen-bond donors (Lipinski definition) is 1. The molecular formula is C16H29NO2. The first-order valence-electron chi connectivity index (χ1n) is 7.64. The molecule has 0 aromatic carbocycles. The largest absolute Gasteiger partial charge is 0.464 e. The summed E-state index contributed by atoms with van der Waals surface area (Å²) in [6, 6.07) is 2.12. The predicted molar refractivity (Wildman–Crippen MR) is 79.2 cm³/mol. The highest BCUT2D eigenvalue weighted by Gasteiger charge is 2.06. The number of unbranched alkanes of at least 4 members (excludes halogenated alkanes) is 3. The van der Waals surface area contributed by atoms with E-state index in [2.05, 4.69) is 25.2 Å². The van der Waals surface area contributed by atoms with Crippen LogP contribution in [0.1, 0.15) is 63.0 Å². The zero-order valence-electron chi connectivity index (χ0n) is 12.8. The van der Waals surface area contributed by atoms with Gasteiger partial charge in [0.2, 0.25) is 0 Å². The molecule has 1 heterocycles. The Hall–Kier alpha value is -0.800. The standard InChI is InChI=1S/C16H29NO2/c1-4-6-7-8-10-18-13-16-11-15(14(3)19-16)12-17-9-5-2/h11,17H,4-10,12-13H2,1-3H3. The number of nitrogens with one attached hydrogen (secondary N) is 1. The van der Waals surface area contributed by atoms with Crippen molar-refractivity contribution in [1.82, 2.24) is 5.32 Å². The summed E-state index contributed by atoms with van der Waals surface area (Å²) in [6.45, 7) is 9.79. The van der Waals surface area contributed by atoms with Gasteiger partial charge in [0.15, 0.2) is 0 Å². The van der Waals surface area contributed by atoms with Gasteiger partial charge in [-0.2, -0.15) is 0 Å². The van der Waals surface area contributed by atoms with E-state index in [0.717, 1.165) is 44.1 Å². The molecule has 0 bridgehead atoms. The molecule has 0 aliphatic heterocycles. The highest BCUT2D eigenvalue weighted by Crippen LogP contribution is 2.15. The lowest BCUT2D eigenvalue weighted by molar-refractivity contribution is 0.102. The van der Waals surface area contributed by atoms with Crippen molar-refractivity contribution in [3.05, 3.63) is 23.2 Å². The molecule has 0 spiro atoms. The Morgan fingerprint density at radius 2 is 2.00 bits per heavy atom. The number of hydrogen-bond acceptors (Lipinski definition) is 3. The molecule has 3 nitrogen and oxygen atoms in total. The summed E-state index contributed by atoms with van der Waals surface area (Å²) in [6.07, 6.45) is 6.14. The smallest absolute Gasteiger partial charge is 0.130 e. The molecule has 1 aromatic heterocycles. The summed E-state index contributed by atoms with van der Waals surface area (Å²) in [5.74, 6) is 1.95. The van der Waals surface area contributed by atoms with E-state index in [1.807, 2.05) is 6.92 Å². The van der Waals surface area contributed by atoms with Crippen LogP contribution in [0.5, 0.6) is 0 Å². The summed E-state index contributed by atoms with van der Waals surface area (Å²) < 4.78 is 11.4. The van der Waals surface area contributed by atoms with Gasteiger partial charge in [-0.3, -0.25) is 0 Å². The Bertz CT molecular complexity index is 333. The Balaban J connectivity index is 2.21. The summed E-state index contributed by atoms with van der Waals surface area (Å²) >= 11 is 0. The summed E-state index contributed by atoms with van der Waals surface area (Å²) in [5.41, 5.74) is 1.25. The fourth-order valence-corrected chi connectivity index (χ4v) is 2.04. The normalized spacial score (nSPS) is 11.1. The van der Waals surface area contributed by atoms with Gasteiger partial charge in [0.1, 0.15) is 18.1 Å². The summed E-state index contributed by atoms with van der Waals surface area (Å²) in [4.78, 5) is 0. The zero-order valence-corrected chi connectivity index (χ0v) is 12.8. The van der Waals surface area contributed by atoms with Crippen molar-refractivity contribution >= 4 is 0 Å². The van der Waals surface area contributed by atoms with Gasteiger partial charge in [0.25, 0.3) is 0 Å². The van der Waals surface area contributed by atoms with E-state index in [1.165, 1.54) is 24.8 Å². The Morgan fingerprint density at radius 1 is 1.16 bits per heavy atom. The molecule has 1 aromatic rings. The molecule has 0 saturated carbocycles. The highest BCUT2D eigenvalue weighted by atomic mass is 16.5. The average molecular weight is 267 g/mol. The SMILES string of the molecule is CCCCCCOCc1cc(CNCCC)c(C)o1. The molecule has 0 atom stereocenters. The lowest BCUT2D eigenvalue weighted by Crippen LogP contribution is -2.13. The van der Waals surface area contributed by atoms with Gasteiger partial charge in [-0.05, 0) is 32.4 Å². The maximum Gasteiger partial charge on any atom is 0.130 e. The maximum absolute atomic E-state index is 5.71. The number of aryl methyl sites for hydroxylation is 1. The van der Waals surface area contributed by atoms with Crippen LogP contribution in [0.15, 0.2) is 10.5 Å². The van der Waals surface area contributed by atoms with Crippen molar-refractivity contribution in [2.45, 2.75) is 66.0 Å². The fraction of sp³-hybridized carbons (Fsp3) is 0.750. The molecule has 0 fully saturated rings. The van der Waals surface area contributed by atoms with E-state index in [0.29, 0.717) is 6.61 Å². The van der Waals surface area contributed by atoms with Crippen molar-refractivity contribution in [2.75, 3.05) is 13.2 Å². The van der Waals surface area contributed by atoms with Gasteiger partial charge < -0.3 is 14.5 Å². The third kappa shape index (κ3) is 6.79. The van der Waals surface area contributed by atoms with Crippen molar-refractivity contribution < 1.29 is 9.15 Å². The van der Waals surface area contributed by atoms with Crippen molar-refractivity contribution in [2.24, 2.45) is 0 Å². The van der Waals surface area contributed by atoms with Gasteiger partial charge in [0, 0.05) is 18.7 Å². The number of ether oxygens (including phenoxy) is 1. The first kappa shape index (κ1) is 16.3. The van der Waals surface area contributed by atoms with Crippen LogP contribution in [-0.4, -0.2) is 13.2 Å². The molecule has 19 heavy (non-hydrogen) atoms. The van der Waals surface area contributed by atoms with Gasteiger partial charge in [-0.1, -0.05) is 33.1 Å². The Labute approximate surface area is 117 Å². The van der Waals surface area contributed by atoms with Crippen molar-refractivity contribution in [3.8, 4) is 0 Å². The van der Waals surface area contributed by atoms with Crippen LogP contribution in [0, 0.1) is 6.92 Å². The second kappa shape index (κ2) is 10.0. The van der Waals surface area contributed by atoms with Crippen LogP contribution in [0.4, 0.5) is 0 Å². The Kier molecular flexibility index (Phi) is 8.59. The molecule has 3 heteroatoms. The highest BCUT2D eigenvalue weighted by molar-refractivity contribution is 5.20. The molecule has 1 rings (SSSR count). The third-order valence-corrected chi connectivity index (χ3v) is 3.20. The van der Waals surface area contributed by atoms with E-state index in [9.17, 15) is 0 Å². The molecular weight excluding hydrogens is 238 g/mol. The van der Waals surface area contributed by atoms with Crippen molar-refractivity contribution in [1.29, 1.82) is 0 Å². The van der Waals surface area contributed by atoms with Crippen LogP contribution < -0.4 is 5.32 Å². The first-order chi connectivity index (χ1) is 9.27. The van der Waals surface area contributed by atoms with Crippen LogP contribution in [-0.2, 0) is 17.9 Å². The van der Waals surface area contributed by atoms with E-state index in [-0.39, 0.29) is 0 Å². The van der Waals surface area contributed by atoms with Crippen LogP contribution in [0.25, 0.3) is 0 Å². The lowest BCUT2D eigenvalue weighted by atomic mass is 10.2. The molecule has 110 valence electrons. The van der Waals surface area contributed by atoms with Crippen LogP contribution in [0.3, 0.4) is 0 Å². The monoisotopic (exact) mass is 267 g/mol. The molecule has 0 aliphatic rings. The third-order valence-electron chi connectivity index (χ3n) is 3.20. The minimum atomic E-state index is 0.598. The fourth-order valence-electron chi connectivity index (χ4n) is 2.04.